The molecule has 5 nitrogen and oxygen atoms in total. The minimum Gasteiger partial charge on any atom is -0.497 e. The van der Waals surface area contributed by atoms with Crippen LogP contribution in [0.2, 0.25) is 0 Å². The summed E-state index contributed by atoms with van der Waals surface area (Å²) < 4.78 is 9.89. The van der Waals surface area contributed by atoms with Crippen molar-refractivity contribution in [2.75, 3.05) is 25.7 Å². The summed E-state index contributed by atoms with van der Waals surface area (Å²) in [5, 5.41) is 0. The second-order valence-corrected chi connectivity index (χ2v) is 3.96. The van der Waals surface area contributed by atoms with E-state index in [9.17, 15) is 9.59 Å². The Morgan fingerprint density at radius 2 is 2.00 bits per heavy atom. The van der Waals surface area contributed by atoms with Crippen molar-refractivity contribution in [2.45, 2.75) is 19.8 Å². The standard InChI is InChI=1S/C14H19NO4/c1-4-19-14(17)9-8-13(16)15(2)11-6-5-7-12(10-11)18-3/h5-7,10H,4,8-9H2,1-3H3. The van der Waals surface area contributed by atoms with Crippen LogP contribution in [0, 0.1) is 0 Å². The second-order valence-electron chi connectivity index (χ2n) is 3.96. The van der Waals surface area contributed by atoms with Gasteiger partial charge in [-0.25, -0.2) is 0 Å². The number of benzene rings is 1. The van der Waals surface area contributed by atoms with Crippen molar-refractivity contribution in [3.05, 3.63) is 24.3 Å². The molecule has 0 bridgehead atoms. The van der Waals surface area contributed by atoms with Gasteiger partial charge in [0.25, 0.3) is 0 Å². The van der Waals surface area contributed by atoms with Gasteiger partial charge in [-0.2, -0.15) is 0 Å². The molecule has 104 valence electrons. The van der Waals surface area contributed by atoms with Gasteiger partial charge in [0, 0.05) is 25.2 Å². The first-order valence-corrected chi connectivity index (χ1v) is 6.14. The number of rotatable bonds is 6. The molecule has 0 saturated carbocycles. The zero-order chi connectivity index (χ0) is 14.3. The van der Waals surface area contributed by atoms with Gasteiger partial charge < -0.3 is 14.4 Å². The van der Waals surface area contributed by atoms with Crippen LogP contribution < -0.4 is 9.64 Å². The Morgan fingerprint density at radius 3 is 2.63 bits per heavy atom. The number of nitrogens with zero attached hydrogens (tertiary/aromatic N) is 1. The summed E-state index contributed by atoms with van der Waals surface area (Å²) in [4.78, 5) is 24.6. The van der Waals surface area contributed by atoms with Gasteiger partial charge >= 0.3 is 5.97 Å². The van der Waals surface area contributed by atoms with E-state index < -0.39 is 0 Å². The lowest BCUT2D eigenvalue weighted by molar-refractivity contribution is -0.144. The first kappa shape index (κ1) is 15.0. The van der Waals surface area contributed by atoms with Crippen molar-refractivity contribution >= 4 is 17.6 Å². The molecule has 0 aromatic heterocycles. The highest BCUT2D eigenvalue weighted by Gasteiger charge is 2.13. The molecule has 0 heterocycles. The fraction of sp³-hybridized carbons (Fsp3) is 0.429. The summed E-state index contributed by atoms with van der Waals surface area (Å²) in [6.45, 7) is 2.07. The zero-order valence-electron chi connectivity index (χ0n) is 11.5. The molecule has 19 heavy (non-hydrogen) atoms. The van der Waals surface area contributed by atoms with Crippen LogP contribution in [0.3, 0.4) is 0 Å². The average molecular weight is 265 g/mol. The number of amides is 1. The minimum absolute atomic E-state index is 0.0982. The predicted octanol–water partition coefficient (Wildman–Crippen LogP) is 2.00. The van der Waals surface area contributed by atoms with E-state index in [4.69, 9.17) is 9.47 Å². The third-order valence-corrected chi connectivity index (χ3v) is 2.66. The van der Waals surface area contributed by atoms with E-state index in [1.54, 1.807) is 33.2 Å². The maximum Gasteiger partial charge on any atom is 0.306 e. The summed E-state index contributed by atoms with van der Waals surface area (Å²) in [6, 6.07) is 7.19. The normalized spacial score (nSPS) is 9.84. The molecule has 1 rings (SSSR count). The van der Waals surface area contributed by atoms with E-state index in [-0.39, 0.29) is 24.7 Å². The van der Waals surface area contributed by atoms with Crippen LogP contribution in [-0.4, -0.2) is 32.6 Å². The molecule has 0 fully saturated rings. The molecule has 1 aromatic carbocycles. The largest absolute Gasteiger partial charge is 0.497 e. The third kappa shape index (κ3) is 4.62. The number of carbonyl (C=O) groups excluding carboxylic acids is 2. The van der Waals surface area contributed by atoms with Crippen molar-refractivity contribution in [2.24, 2.45) is 0 Å². The monoisotopic (exact) mass is 265 g/mol. The quantitative estimate of drug-likeness (QED) is 0.738. The summed E-state index contributed by atoms with van der Waals surface area (Å²) in [5.74, 6) is 0.193. The van der Waals surface area contributed by atoms with Gasteiger partial charge in [-0.1, -0.05) is 6.07 Å². The SMILES string of the molecule is CCOC(=O)CCC(=O)N(C)c1cccc(OC)c1. The molecule has 0 aliphatic rings. The number of hydrogen-bond donors (Lipinski definition) is 0. The number of methoxy groups -OCH3 is 1. The molecule has 1 amide bonds. The van der Waals surface area contributed by atoms with E-state index in [1.165, 1.54) is 4.90 Å². The first-order valence-electron chi connectivity index (χ1n) is 6.14. The van der Waals surface area contributed by atoms with Crippen LogP contribution in [0.4, 0.5) is 5.69 Å². The van der Waals surface area contributed by atoms with Crippen LogP contribution in [-0.2, 0) is 14.3 Å². The second kappa shape index (κ2) is 7.41. The molecule has 0 aliphatic heterocycles. The van der Waals surface area contributed by atoms with E-state index in [1.807, 2.05) is 12.1 Å². The lowest BCUT2D eigenvalue weighted by atomic mass is 10.2. The Labute approximate surface area is 113 Å². The summed E-state index contributed by atoms with van der Waals surface area (Å²) >= 11 is 0. The highest BCUT2D eigenvalue weighted by Crippen LogP contribution is 2.20. The van der Waals surface area contributed by atoms with Crippen molar-refractivity contribution in [1.82, 2.24) is 0 Å². The predicted molar refractivity (Wildman–Crippen MR) is 72.3 cm³/mol. The molecule has 0 aliphatic carbocycles. The number of ether oxygens (including phenoxy) is 2. The van der Waals surface area contributed by atoms with Crippen molar-refractivity contribution in [3.8, 4) is 5.75 Å². The maximum absolute atomic E-state index is 11.9. The molecule has 0 radical (unpaired) electrons. The summed E-state index contributed by atoms with van der Waals surface area (Å²) in [6.07, 6.45) is 0.230. The lowest BCUT2D eigenvalue weighted by Gasteiger charge is -2.17. The Bertz CT molecular complexity index is 445. The number of hydrogen-bond acceptors (Lipinski definition) is 4. The molecule has 0 spiro atoms. The molecule has 0 saturated heterocycles. The molecule has 0 atom stereocenters. The molecular formula is C14H19NO4. The Morgan fingerprint density at radius 1 is 1.26 bits per heavy atom. The van der Waals surface area contributed by atoms with Gasteiger partial charge in [0.1, 0.15) is 5.75 Å². The van der Waals surface area contributed by atoms with E-state index in [0.29, 0.717) is 12.4 Å². The minimum atomic E-state index is -0.352. The highest BCUT2D eigenvalue weighted by molar-refractivity contribution is 5.94. The fourth-order valence-corrected chi connectivity index (χ4v) is 1.57. The van der Waals surface area contributed by atoms with Gasteiger partial charge in [0.2, 0.25) is 5.91 Å². The molecular weight excluding hydrogens is 246 g/mol. The van der Waals surface area contributed by atoms with Crippen LogP contribution >= 0.6 is 0 Å². The van der Waals surface area contributed by atoms with Crippen molar-refractivity contribution in [3.63, 3.8) is 0 Å². The third-order valence-electron chi connectivity index (χ3n) is 2.66. The van der Waals surface area contributed by atoms with Gasteiger partial charge in [-0.05, 0) is 19.1 Å². The van der Waals surface area contributed by atoms with Gasteiger partial charge in [0.05, 0.1) is 20.1 Å². The first-order chi connectivity index (χ1) is 9.08. The Hall–Kier alpha value is -2.04. The Balaban J connectivity index is 2.58. The smallest absolute Gasteiger partial charge is 0.306 e. The Kier molecular flexibility index (Phi) is 5.85. The molecule has 0 unspecified atom stereocenters. The van der Waals surface area contributed by atoms with Gasteiger partial charge in [-0.3, -0.25) is 9.59 Å². The van der Waals surface area contributed by atoms with Gasteiger partial charge in [-0.15, -0.1) is 0 Å². The van der Waals surface area contributed by atoms with E-state index in [2.05, 4.69) is 0 Å². The van der Waals surface area contributed by atoms with E-state index in [0.717, 1.165) is 5.69 Å². The van der Waals surface area contributed by atoms with Crippen LogP contribution in [0.1, 0.15) is 19.8 Å². The maximum atomic E-state index is 11.9. The van der Waals surface area contributed by atoms with Gasteiger partial charge in [0.15, 0.2) is 0 Å². The number of esters is 1. The highest BCUT2D eigenvalue weighted by atomic mass is 16.5. The van der Waals surface area contributed by atoms with E-state index >= 15 is 0 Å². The summed E-state index contributed by atoms with van der Waals surface area (Å²) in [7, 11) is 3.24. The van der Waals surface area contributed by atoms with Crippen molar-refractivity contribution in [1.29, 1.82) is 0 Å². The van der Waals surface area contributed by atoms with Crippen molar-refractivity contribution < 1.29 is 19.1 Å². The summed E-state index contributed by atoms with van der Waals surface area (Å²) in [5.41, 5.74) is 0.730. The number of anilines is 1. The molecule has 0 N–H and O–H groups in total. The zero-order valence-corrected chi connectivity index (χ0v) is 11.5. The number of carbonyl (C=O) groups is 2. The van der Waals surface area contributed by atoms with Crippen LogP contribution in [0.5, 0.6) is 5.75 Å². The molecule has 1 aromatic rings. The van der Waals surface area contributed by atoms with Crippen LogP contribution in [0.25, 0.3) is 0 Å². The lowest BCUT2D eigenvalue weighted by Crippen LogP contribution is -2.26. The fourth-order valence-electron chi connectivity index (χ4n) is 1.57. The molecule has 5 heteroatoms. The van der Waals surface area contributed by atoms with Crippen LogP contribution in [0.15, 0.2) is 24.3 Å². The topological polar surface area (TPSA) is 55.8 Å². The average Bonchev–Trinajstić information content (AvgIpc) is 2.44.